The summed E-state index contributed by atoms with van der Waals surface area (Å²) in [5.41, 5.74) is 3.11. The molecular weight excluding hydrogens is 642 g/mol. The Morgan fingerprint density at radius 2 is 0.922 bits per heavy atom. The van der Waals surface area contributed by atoms with Gasteiger partial charge in [0.2, 0.25) is 11.8 Å². The van der Waals surface area contributed by atoms with Gasteiger partial charge in [0.05, 0.1) is 23.0 Å². The van der Waals surface area contributed by atoms with Crippen LogP contribution in [0.4, 0.5) is 0 Å². The molecule has 0 bridgehead atoms. The fourth-order valence-corrected chi connectivity index (χ4v) is 7.04. The number of unbranched alkanes of at least 4 members (excludes halogenated alkanes) is 4. The molecule has 0 spiro atoms. The van der Waals surface area contributed by atoms with Gasteiger partial charge in [-0.3, -0.25) is 33.7 Å². The first kappa shape index (κ1) is 35.1. The molecule has 1 aliphatic heterocycles. The molecule has 1 heterocycles. The van der Waals surface area contributed by atoms with E-state index in [2.05, 4.69) is 10.6 Å². The summed E-state index contributed by atoms with van der Waals surface area (Å²) in [5, 5.41) is 5.92. The molecule has 9 nitrogen and oxygen atoms in total. The number of imide groups is 1. The van der Waals surface area contributed by atoms with Crippen molar-refractivity contribution in [2.45, 2.75) is 51.0 Å². The molecule has 0 saturated carbocycles. The van der Waals surface area contributed by atoms with Gasteiger partial charge in [-0.05, 0) is 42.5 Å². The molecular formula is C42H41N3O6. The molecule has 2 atom stereocenters. The first-order valence-corrected chi connectivity index (χ1v) is 17.6. The van der Waals surface area contributed by atoms with Crippen molar-refractivity contribution in [2.24, 2.45) is 11.8 Å². The standard InChI is InChI=1S/C42H41N3O6/c46-37-30-20-10-11-21-31(30)38(47)36(37)34(26-28-16-6-4-7-17-28)39(48)43-24-14-2-1-3-15-25-44-40(49)35(27-29-18-8-5-9-19-29)45-41(50)32-22-12-13-23-33(32)42(45)51/h4-13,16-23,34-36H,1-3,14-15,24-27H2,(H,43,48)(H,44,49)/t34-,35+/m0/s1. The number of nitrogens with zero attached hydrogens (tertiary/aromatic N) is 1. The highest BCUT2D eigenvalue weighted by molar-refractivity contribution is 6.27. The maximum atomic E-state index is 13.5. The van der Waals surface area contributed by atoms with Crippen LogP contribution < -0.4 is 10.6 Å². The largest absolute Gasteiger partial charge is 0.356 e. The van der Waals surface area contributed by atoms with Gasteiger partial charge in [-0.25, -0.2) is 0 Å². The number of nitrogens with one attached hydrogen (secondary N) is 2. The molecule has 0 aromatic heterocycles. The molecule has 51 heavy (non-hydrogen) atoms. The average Bonchev–Trinajstić information content (AvgIpc) is 3.56. The summed E-state index contributed by atoms with van der Waals surface area (Å²) in [6.07, 6.45) is 4.49. The second kappa shape index (κ2) is 16.3. The Hall–Kier alpha value is -5.70. The molecule has 2 N–H and O–H groups in total. The Kier molecular flexibility index (Phi) is 11.3. The molecule has 0 fully saturated rings. The minimum atomic E-state index is -1.04. The minimum Gasteiger partial charge on any atom is -0.356 e. The molecule has 2 aliphatic rings. The number of carbonyl (C=O) groups is 6. The molecule has 0 unspecified atom stereocenters. The molecule has 4 aromatic rings. The van der Waals surface area contributed by atoms with Crippen molar-refractivity contribution in [3.8, 4) is 0 Å². The molecule has 260 valence electrons. The number of ketones is 2. The van der Waals surface area contributed by atoms with Crippen LogP contribution in [-0.2, 0) is 22.4 Å². The Labute approximate surface area is 297 Å². The van der Waals surface area contributed by atoms with E-state index in [4.69, 9.17) is 0 Å². The third-order valence-corrected chi connectivity index (χ3v) is 9.72. The van der Waals surface area contributed by atoms with Gasteiger partial charge in [0, 0.05) is 30.6 Å². The number of Topliss-reactive ketones (excluding diaryl/α,β-unsaturated/α-hetero) is 2. The van der Waals surface area contributed by atoms with Crippen LogP contribution in [0.1, 0.15) is 84.7 Å². The highest BCUT2D eigenvalue weighted by Crippen LogP contribution is 2.34. The van der Waals surface area contributed by atoms with E-state index in [9.17, 15) is 28.8 Å². The lowest BCUT2D eigenvalue weighted by atomic mass is 9.82. The Balaban J connectivity index is 0.960. The number of benzene rings is 4. The number of amides is 4. The van der Waals surface area contributed by atoms with E-state index in [0.717, 1.165) is 41.7 Å². The van der Waals surface area contributed by atoms with Gasteiger partial charge < -0.3 is 10.6 Å². The van der Waals surface area contributed by atoms with Crippen molar-refractivity contribution in [1.29, 1.82) is 0 Å². The van der Waals surface area contributed by atoms with Crippen LogP contribution in [0.5, 0.6) is 0 Å². The quantitative estimate of drug-likeness (QED) is 0.0895. The second-order valence-corrected chi connectivity index (χ2v) is 13.1. The lowest BCUT2D eigenvalue weighted by molar-refractivity contribution is -0.126. The van der Waals surface area contributed by atoms with Crippen molar-refractivity contribution in [3.05, 3.63) is 143 Å². The maximum Gasteiger partial charge on any atom is 0.262 e. The normalized spacial score (nSPS) is 15.0. The zero-order chi connectivity index (χ0) is 35.7. The number of hydrogen-bond donors (Lipinski definition) is 2. The molecule has 9 heteroatoms. The lowest BCUT2D eigenvalue weighted by Crippen LogP contribution is -2.50. The van der Waals surface area contributed by atoms with E-state index in [1.54, 1.807) is 48.5 Å². The topological polar surface area (TPSA) is 130 Å². The third kappa shape index (κ3) is 7.88. The minimum absolute atomic E-state index is 0.214. The predicted octanol–water partition coefficient (Wildman–Crippen LogP) is 5.63. The van der Waals surface area contributed by atoms with Crippen molar-refractivity contribution in [1.82, 2.24) is 15.5 Å². The van der Waals surface area contributed by atoms with E-state index in [-0.39, 0.29) is 36.2 Å². The lowest BCUT2D eigenvalue weighted by Gasteiger charge is -2.25. The zero-order valence-electron chi connectivity index (χ0n) is 28.4. The summed E-state index contributed by atoms with van der Waals surface area (Å²) in [5.74, 6) is -4.04. The van der Waals surface area contributed by atoms with Crippen molar-refractivity contribution in [2.75, 3.05) is 13.1 Å². The first-order valence-electron chi connectivity index (χ1n) is 17.6. The molecule has 4 aromatic carbocycles. The smallest absolute Gasteiger partial charge is 0.262 e. The van der Waals surface area contributed by atoms with Gasteiger partial charge >= 0.3 is 0 Å². The van der Waals surface area contributed by atoms with Crippen molar-refractivity contribution in [3.63, 3.8) is 0 Å². The Morgan fingerprint density at radius 3 is 1.43 bits per heavy atom. The van der Waals surface area contributed by atoms with Gasteiger partial charge in [-0.15, -0.1) is 0 Å². The highest BCUT2D eigenvalue weighted by Gasteiger charge is 2.46. The first-order chi connectivity index (χ1) is 24.8. The predicted molar refractivity (Wildman–Crippen MR) is 192 cm³/mol. The van der Waals surface area contributed by atoms with E-state index < -0.39 is 29.7 Å². The summed E-state index contributed by atoms with van der Waals surface area (Å²) < 4.78 is 0. The second-order valence-electron chi connectivity index (χ2n) is 13.1. The van der Waals surface area contributed by atoms with Crippen LogP contribution in [0.2, 0.25) is 0 Å². The fraction of sp³-hybridized carbons (Fsp3) is 0.286. The number of fused-ring (bicyclic) bond motifs is 2. The summed E-state index contributed by atoms with van der Waals surface area (Å²) in [7, 11) is 0. The van der Waals surface area contributed by atoms with E-state index in [1.165, 1.54) is 0 Å². The summed E-state index contributed by atoms with van der Waals surface area (Å²) >= 11 is 0. The van der Waals surface area contributed by atoms with Crippen molar-refractivity contribution < 1.29 is 28.8 Å². The van der Waals surface area contributed by atoms with Crippen LogP contribution >= 0.6 is 0 Å². The van der Waals surface area contributed by atoms with Crippen LogP contribution in [0.3, 0.4) is 0 Å². The molecule has 0 saturated heterocycles. The molecule has 0 radical (unpaired) electrons. The van der Waals surface area contributed by atoms with E-state index in [0.29, 0.717) is 41.8 Å². The Morgan fingerprint density at radius 1 is 0.510 bits per heavy atom. The molecule has 1 aliphatic carbocycles. The van der Waals surface area contributed by atoms with Gasteiger partial charge in [-0.1, -0.05) is 116 Å². The SMILES string of the molecule is O=C1c2ccccc2C(=O)C1[C@H](Cc1ccccc1)C(=O)NCCCCCCCNC(=O)[C@@H](Cc1ccccc1)N1C(=O)c2ccccc2C1=O. The fourth-order valence-electron chi connectivity index (χ4n) is 7.04. The average molecular weight is 684 g/mol. The van der Waals surface area contributed by atoms with Crippen LogP contribution in [0.15, 0.2) is 109 Å². The van der Waals surface area contributed by atoms with Crippen molar-refractivity contribution >= 4 is 35.2 Å². The molecule has 4 amide bonds. The van der Waals surface area contributed by atoms with Crippen LogP contribution in [0, 0.1) is 11.8 Å². The summed E-state index contributed by atoms with van der Waals surface area (Å²) in [6, 6.07) is 31.2. The summed E-state index contributed by atoms with van der Waals surface area (Å²) in [6.45, 7) is 0.821. The van der Waals surface area contributed by atoms with Crippen LogP contribution in [-0.4, -0.2) is 59.2 Å². The number of rotatable bonds is 16. The monoisotopic (exact) mass is 683 g/mol. The van der Waals surface area contributed by atoms with Gasteiger partial charge in [0.15, 0.2) is 11.6 Å². The number of carbonyl (C=O) groups excluding carboxylic acids is 6. The van der Waals surface area contributed by atoms with Gasteiger partial charge in [0.1, 0.15) is 6.04 Å². The Bertz CT molecular complexity index is 1720. The zero-order valence-corrected chi connectivity index (χ0v) is 28.4. The van der Waals surface area contributed by atoms with Gasteiger partial charge in [-0.2, -0.15) is 0 Å². The van der Waals surface area contributed by atoms with Gasteiger partial charge in [0.25, 0.3) is 11.8 Å². The van der Waals surface area contributed by atoms with Crippen LogP contribution in [0.25, 0.3) is 0 Å². The van der Waals surface area contributed by atoms with E-state index in [1.807, 2.05) is 60.7 Å². The third-order valence-electron chi connectivity index (χ3n) is 9.72. The maximum absolute atomic E-state index is 13.5. The van der Waals surface area contributed by atoms with E-state index >= 15 is 0 Å². The number of hydrogen-bond acceptors (Lipinski definition) is 6. The highest BCUT2D eigenvalue weighted by atomic mass is 16.2. The summed E-state index contributed by atoms with van der Waals surface area (Å²) in [4.78, 5) is 81.0. The molecule has 6 rings (SSSR count).